The zero-order valence-corrected chi connectivity index (χ0v) is 15.5. The number of carbonyl (C=O) groups excluding carboxylic acids is 2. The molecule has 1 aliphatic heterocycles. The second-order valence-electron chi connectivity index (χ2n) is 6.70. The van der Waals surface area contributed by atoms with Crippen LogP contribution in [0.2, 0.25) is 0 Å². The SMILES string of the molecule is COc1ccccc1Cc1ccc(C(=O)N2CCOC(C)(C(N)=O)C2)cn1. The Morgan fingerprint density at radius 2 is 2.07 bits per heavy atom. The monoisotopic (exact) mass is 369 g/mol. The molecule has 142 valence electrons. The summed E-state index contributed by atoms with van der Waals surface area (Å²) in [4.78, 5) is 30.3. The molecule has 0 aliphatic carbocycles. The van der Waals surface area contributed by atoms with Gasteiger partial charge < -0.3 is 20.1 Å². The number of pyridine rings is 1. The predicted molar refractivity (Wildman–Crippen MR) is 99.5 cm³/mol. The van der Waals surface area contributed by atoms with Crippen LogP contribution in [0, 0.1) is 0 Å². The normalized spacial score (nSPS) is 19.6. The Bertz CT molecular complexity index is 837. The highest BCUT2D eigenvalue weighted by molar-refractivity contribution is 5.95. The summed E-state index contributed by atoms with van der Waals surface area (Å²) in [6.07, 6.45) is 2.17. The Labute approximate surface area is 158 Å². The van der Waals surface area contributed by atoms with Crippen molar-refractivity contribution in [2.75, 3.05) is 26.8 Å². The lowest BCUT2D eigenvalue weighted by Gasteiger charge is -2.38. The highest BCUT2D eigenvalue weighted by Gasteiger charge is 2.39. The summed E-state index contributed by atoms with van der Waals surface area (Å²) in [6, 6.07) is 11.3. The van der Waals surface area contributed by atoms with E-state index in [1.807, 2.05) is 30.3 Å². The maximum absolute atomic E-state index is 12.7. The summed E-state index contributed by atoms with van der Waals surface area (Å²) in [6.45, 7) is 2.41. The minimum atomic E-state index is -1.16. The number of rotatable bonds is 5. The Hall–Kier alpha value is -2.93. The molecule has 0 radical (unpaired) electrons. The van der Waals surface area contributed by atoms with Crippen LogP contribution in [0.4, 0.5) is 0 Å². The highest BCUT2D eigenvalue weighted by atomic mass is 16.5. The number of morpholine rings is 1. The first-order chi connectivity index (χ1) is 12.9. The van der Waals surface area contributed by atoms with Crippen molar-refractivity contribution >= 4 is 11.8 Å². The van der Waals surface area contributed by atoms with E-state index in [-0.39, 0.29) is 19.1 Å². The molecular weight excluding hydrogens is 346 g/mol. The van der Waals surface area contributed by atoms with Crippen LogP contribution in [0.15, 0.2) is 42.6 Å². The third kappa shape index (κ3) is 4.09. The van der Waals surface area contributed by atoms with Crippen molar-refractivity contribution in [2.45, 2.75) is 18.9 Å². The van der Waals surface area contributed by atoms with Gasteiger partial charge in [0.2, 0.25) is 0 Å². The second-order valence-corrected chi connectivity index (χ2v) is 6.70. The molecule has 2 aromatic rings. The number of primary amides is 1. The Morgan fingerprint density at radius 3 is 2.74 bits per heavy atom. The van der Waals surface area contributed by atoms with Gasteiger partial charge in [-0.3, -0.25) is 14.6 Å². The van der Waals surface area contributed by atoms with E-state index in [2.05, 4.69) is 4.98 Å². The minimum absolute atomic E-state index is 0.129. The number of methoxy groups -OCH3 is 1. The molecule has 0 saturated carbocycles. The van der Waals surface area contributed by atoms with E-state index in [4.69, 9.17) is 15.2 Å². The van der Waals surface area contributed by atoms with Gasteiger partial charge in [0.05, 0.1) is 25.8 Å². The fourth-order valence-electron chi connectivity index (χ4n) is 3.07. The third-order valence-corrected chi connectivity index (χ3v) is 4.72. The van der Waals surface area contributed by atoms with Crippen LogP contribution in [0.25, 0.3) is 0 Å². The molecule has 7 heteroatoms. The quantitative estimate of drug-likeness (QED) is 0.860. The van der Waals surface area contributed by atoms with E-state index in [0.29, 0.717) is 18.5 Å². The first kappa shape index (κ1) is 18.8. The lowest BCUT2D eigenvalue weighted by Crippen LogP contribution is -2.58. The van der Waals surface area contributed by atoms with Crippen LogP contribution < -0.4 is 10.5 Å². The Balaban J connectivity index is 1.71. The number of benzene rings is 1. The lowest BCUT2D eigenvalue weighted by molar-refractivity contribution is -0.150. The fraction of sp³-hybridized carbons (Fsp3) is 0.350. The number of hydrogen-bond acceptors (Lipinski definition) is 5. The average Bonchev–Trinajstić information content (AvgIpc) is 2.68. The van der Waals surface area contributed by atoms with Crippen LogP contribution in [0.3, 0.4) is 0 Å². The van der Waals surface area contributed by atoms with Crippen LogP contribution in [-0.2, 0) is 16.0 Å². The molecule has 3 rings (SSSR count). The predicted octanol–water partition coefficient (Wildman–Crippen LogP) is 1.40. The van der Waals surface area contributed by atoms with Crippen molar-refractivity contribution in [1.29, 1.82) is 0 Å². The average molecular weight is 369 g/mol. The second kappa shape index (κ2) is 7.75. The van der Waals surface area contributed by atoms with Crippen molar-refractivity contribution in [2.24, 2.45) is 5.73 Å². The molecule has 2 N–H and O–H groups in total. The zero-order chi connectivity index (χ0) is 19.4. The van der Waals surface area contributed by atoms with E-state index in [0.717, 1.165) is 17.0 Å². The molecule has 1 atom stereocenters. The van der Waals surface area contributed by atoms with Crippen LogP contribution >= 0.6 is 0 Å². The topological polar surface area (TPSA) is 94.7 Å². The maximum atomic E-state index is 12.7. The van der Waals surface area contributed by atoms with Crippen molar-refractivity contribution in [3.8, 4) is 5.75 Å². The van der Waals surface area contributed by atoms with E-state index >= 15 is 0 Å². The largest absolute Gasteiger partial charge is 0.496 e. The molecular formula is C20H23N3O4. The van der Waals surface area contributed by atoms with Gasteiger partial charge in [0.25, 0.3) is 11.8 Å². The van der Waals surface area contributed by atoms with E-state index < -0.39 is 11.5 Å². The number of nitrogens with two attached hydrogens (primary N) is 1. The van der Waals surface area contributed by atoms with Gasteiger partial charge >= 0.3 is 0 Å². The van der Waals surface area contributed by atoms with Crippen LogP contribution in [0.1, 0.15) is 28.5 Å². The summed E-state index contributed by atoms with van der Waals surface area (Å²) in [5.41, 5.74) is 6.56. The number of ether oxygens (including phenoxy) is 2. The molecule has 1 aromatic heterocycles. The molecule has 1 unspecified atom stereocenters. The molecule has 27 heavy (non-hydrogen) atoms. The van der Waals surface area contributed by atoms with Gasteiger partial charge in [-0.25, -0.2) is 0 Å². The van der Waals surface area contributed by atoms with Gasteiger partial charge in [0.15, 0.2) is 5.60 Å². The van der Waals surface area contributed by atoms with E-state index in [1.165, 1.54) is 0 Å². The first-order valence-corrected chi connectivity index (χ1v) is 8.73. The number of aromatic nitrogens is 1. The fourth-order valence-corrected chi connectivity index (χ4v) is 3.07. The summed E-state index contributed by atoms with van der Waals surface area (Å²) in [5, 5.41) is 0. The molecule has 0 bridgehead atoms. The minimum Gasteiger partial charge on any atom is -0.496 e. The lowest BCUT2D eigenvalue weighted by atomic mass is 10.0. The molecule has 1 fully saturated rings. The standard InChI is InChI=1S/C20H23N3O4/c1-20(19(21)25)13-23(9-10-27-20)18(24)15-7-8-16(22-12-15)11-14-5-3-4-6-17(14)26-2/h3-8,12H,9-11,13H2,1-2H3,(H2,21,25). The van der Waals surface area contributed by atoms with Gasteiger partial charge in [-0.05, 0) is 25.1 Å². The first-order valence-electron chi connectivity index (χ1n) is 8.73. The molecule has 1 aliphatic rings. The van der Waals surface area contributed by atoms with E-state index in [9.17, 15) is 9.59 Å². The van der Waals surface area contributed by atoms with Gasteiger partial charge in [-0.2, -0.15) is 0 Å². The van der Waals surface area contributed by atoms with Crippen LogP contribution in [0.5, 0.6) is 5.75 Å². The van der Waals surface area contributed by atoms with Crippen molar-refractivity contribution in [1.82, 2.24) is 9.88 Å². The summed E-state index contributed by atoms with van der Waals surface area (Å²) >= 11 is 0. The summed E-state index contributed by atoms with van der Waals surface area (Å²) in [7, 11) is 1.64. The van der Waals surface area contributed by atoms with E-state index in [1.54, 1.807) is 31.2 Å². The number of hydrogen-bond donors (Lipinski definition) is 1. The molecule has 0 spiro atoms. The van der Waals surface area contributed by atoms with Gasteiger partial charge in [-0.1, -0.05) is 18.2 Å². The molecule has 2 heterocycles. The molecule has 7 nitrogen and oxygen atoms in total. The third-order valence-electron chi connectivity index (χ3n) is 4.72. The molecule has 1 saturated heterocycles. The smallest absolute Gasteiger partial charge is 0.255 e. The maximum Gasteiger partial charge on any atom is 0.255 e. The van der Waals surface area contributed by atoms with Gasteiger partial charge in [0.1, 0.15) is 5.75 Å². The zero-order valence-electron chi connectivity index (χ0n) is 15.5. The Morgan fingerprint density at radius 1 is 1.30 bits per heavy atom. The van der Waals surface area contributed by atoms with Gasteiger partial charge in [-0.15, -0.1) is 0 Å². The Kier molecular flexibility index (Phi) is 5.41. The van der Waals surface area contributed by atoms with Gasteiger partial charge in [0, 0.05) is 30.4 Å². The van der Waals surface area contributed by atoms with Crippen molar-refractivity contribution < 1.29 is 19.1 Å². The number of carbonyl (C=O) groups is 2. The number of para-hydroxylation sites is 1. The molecule has 1 aromatic carbocycles. The van der Waals surface area contributed by atoms with Crippen molar-refractivity contribution in [3.05, 3.63) is 59.4 Å². The number of amides is 2. The molecule has 2 amide bonds. The number of nitrogens with zero attached hydrogens (tertiary/aromatic N) is 2. The van der Waals surface area contributed by atoms with Crippen LogP contribution in [-0.4, -0.2) is 54.1 Å². The summed E-state index contributed by atoms with van der Waals surface area (Å²) < 4.78 is 10.8. The summed E-state index contributed by atoms with van der Waals surface area (Å²) in [5.74, 6) is 0.0332. The van der Waals surface area contributed by atoms with Crippen molar-refractivity contribution in [3.63, 3.8) is 0 Å². The highest BCUT2D eigenvalue weighted by Crippen LogP contribution is 2.21.